The Labute approximate surface area is 200 Å². The van der Waals surface area contributed by atoms with Crippen molar-refractivity contribution in [2.24, 2.45) is 5.92 Å². The highest BCUT2D eigenvalue weighted by Crippen LogP contribution is 2.37. The fraction of sp³-hybridized carbons (Fsp3) is 0.538. The van der Waals surface area contributed by atoms with Gasteiger partial charge in [0.05, 0.1) is 12.5 Å². The Morgan fingerprint density at radius 2 is 1.68 bits per heavy atom. The summed E-state index contributed by atoms with van der Waals surface area (Å²) in [5.41, 5.74) is 1.54. The zero-order valence-corrected chi connectivity index (χ0v) is 19.6. The van der Waals surface area contributed by atoms with Gasteiger partial charge in [0.2, 0.25) is 0 Å². The topological polar surface area (TPSA) is 91.1 Å². The van der Waals surface area contributed by atoms with Crippen LogP contribution in [0.15, 0.2) is 36.5 Å². The van der Waals surface area contributed by atoms with Crippen LogP contribution in [0, 0.1) is 5.92 Å². The van der Waals surface area contributed by atoms with Gasteiger partial charge in [-0.1, -0.05) is 31.1 Å². The van der Waals surface area contributed by atoms with Crippen molar-refractivity contribution < 1.29 is 19.7 Å². The summed E-state index contributed by atoms with van der Waals surface area (Å²) in [5.74, 6) is 0.963. The lowest BCUT2D eigenvalue weighted by molar-refractivity contribution is -0.155. The molecular weight excluding hydrogens is 432 g/mol. The fourth-order valence-corrected chi connectivity index (χ4v) is 5.45. The largest absolute Gasteiger partial charge is 0.494 e. The van der Waals surface area contributed by atoms with Gasteiger partial charge in [0.25, 0.3) is 0 Å². The highest BCUT2D eigenvalue weighted by atomic mass is 16.5. The van der Waals surface area contributed by atoms with Crippen LogP contribution < -0.4 is 4.90 Å². The lowest BCUT2D eigenvalue weighted by Crippen LogP contribution is -2.50. The number of ether oxygens (including phenoxy) is 1. The smallest absolute Gasteiger partial charge is 0.309 e. The molecule has 8 heteroatoms. The maximum Gasteiger partial charge on any atom is 0.309 e. The van der Waals surface area contributed by atoms with Crippen molar-refractivity contribution in [3.05, 3.63) is 47.7 Å². The van der Waals surface area contributed by atoms with Crippen LogP contribution in [0.4, 0.5) is 5.82 Å². The quantitative estimate of drug-likeness (QED) is 0.479. The van der Waals surface area contributed by atoms with Crippen molar-refractivity contribution in [1.82, 2.24) is 14.5 Å². The first-order chi connectivity index (χ1) is 16.6. The van der Waals surface area contributed by atoms with E-state index >= 15 is 0 Å². The molecule has 2 aromatic rings. The zero-order valence-electron chi connectivity index (χ0n) is 19.6. The first kappa shape index (κ1) is 22.8. The molecule has 2 aliphatic carbocycles. The van der Waals surface area contributed by atoms with Crippen molar-refractivity contribution >= 4 is 11.8 Å². The molecule has 0 spiro atoms. The van der Waals surface area contributed by atoms with Gasteiger partial charge in [0.15, 0.2) is 11.8 Å². The van der Waals surface area contributed by atoms with Gasteiger partial charge in [-0.2, -0.15) is 0 Å². The summed E-state index contributed by atoms with van der Waals surface area (Å²) in [7, 11) is 0. The Morgan fingerprint density at radius 3 is 2.29 bits per heavy atom. The molecule has 1 saturated heterocycles. The van der Waals surface area contributed by atoms with E-state index in [1.165, 1.54) is 4.57 Å². The zero-order chi connectivity index (χ0) is 23.5. The molecule has 1 unspecified atom stereocenters. The molecule has 1 aliphatic heterocycles. The van der Waals surface area contributed by atoms with Gasteiger partial charge < -0.3 is 19.8 Å². The van der Waals surface area contributed by atoms with E-state index in [0.29, 0.717) is 19.4 Å². The van der Waals surface area contributed by atoms with Crippen LogP contribution in [0.5, 0.6) is 11.8 Å². The van der Waals surface area contributed by atoms with Gasteiger partial charge in [-0.25, -0.2) is 4.98 Å². The van der Waals surface area contributed by atoms with Crippen LogP contribution >= 0.6 is 0 Å². The van der Waals surface area contributed by atoms with Crippen molar-refractivity contribution in [3.63, 3.8) is 0 Å². The second-order valence-electron chi connectivity index (χ2n) is 9.61. The summed E-state index contributed by atoms with van der Waals surface area (Å²) in [6.07, 6.45) is 10.5. The number of piperazine rings is 1. The molecule has 1 atom stereocenters. The number of rotatable bonds is 7. The predicted octanol–water partition coefficient (Wildman–Crippen LogP) is 2.87. The molecule has 0 radical (unpaired) electrons. The highest BCUT2D eigenvalue weighted by molar-refractivity contribution is 5.73. The van der Waals surface area contributed by atoms with Crippen LogP contribution in [-0.2, 0) is 28.9 Å². The van der Waals surface area contributed by atoms with Crippen LogP contribution in [0.1, 0.15) is 36.8 Å². The summed E-state index contributed by atoms with van der Waals surface area (Å²) in [6, 6.07) is 5.94. The van der Waals surface area contributed by atoms with E-state index in [9.17, 15) is 15.0 Å². The van der Waals surface area contributed by atoms with Crippen LogP contribution in [0.25, 0.3) is 0 Å². The number of aromatic nitrogens is 2. The molecular formula is C26H34N4O4. The number of hydrogen-bond acceptors (Lipinski definition) is 7. The van der Waals surface area contributed by atoms with E-state index in [-0.39, 0.29) is 30.2 Å². The number of allylic oxidation sites excluding steroid dienone is 2. The average Bonchev–Trinajstić information content (AvgIpc) is 3.49. The Hall–Kier alpha value is -3.00. The lowest BCUT2D eigenvalue weighted by atomic mass is 10.0. The molecule has 8 nitrogen and oxygen atoms in total. The third kappa shape index (κ3) is 4.78. The van der Waals surface area contributed by atoms with Gasteiger partial charge >= 0.3 is 5.97 Å². The minimum atomic E-state index is -0.451. The monoisotopic (exact) mass is 466 g/mol. The number of carbonyl (C=O) groups is 1. The van der Waals surface area contributed by atoms with E-state index in [4.69, 9.17) is 4.74 Å². The van der Waals surface area contributed by atoms with Crippen LogP contribution in [0.3, 0.4) is 0 Å². The summed E-state index contributed by atoms with van der Waals surface area (Å²) in [4.78, 5) is 21.9. The van der Waals surface area contributed by atoms with Crippen molar-refractivity contribution in [2.45, 2.75) is 51.2 Å². The molecule has 0 amide bonds. The number of esters is 1. The number of pyridine rings is 1. The number of nitrogens with zero attached hydrogens (tertiary/aromatic N) is 4. The highest BCUT2D eigenvalue weighted by Gasteiger charge is 2.31. The van der Waals surface area contributed by atoms with Gasteiger partial charge in [0, 0.05) is 50.0 Å². The molecule has 3 heterocycles. The van der Waals surface area contributed by atoms with Gasteiger partial charge in [-0.3, -0.25) is 14.3 Å². The minimum absolute atomic E-state index is 0.0345. The Morgan fingerprint density at radius 1 is 1.00 bits per heavy atom. The van der Waals surface area contributed by atoms with Gasteiger partial charge in [0.1, 0.15) is 11.9 Å². The molecule has 34 heavy (non-hydrogen) atoms. The molecule has 2 N–H and O–H groups in total. The molecule has 0 aromatic carbocycles. The lowest BCUT2D eigenvalue weighted by Gasteiger charge is -2.37. The second-order valence-corrected chi connectivity index (χ2v) is 9.61. The summed E-state index contributed by atoms with van der Waals surface area (Å²) in [5, 5.41) is 21.6. The molecule has 2 aromatic heterocycles. The second kappa shape index (κ2) is 10.1. The standard InChI is InChI=1S/C26H34N4O4/c31-24-21-9-3-4-10-22(21)25(32)30(24)18-20(34-26(33)19-7-1-2-8-19)17-28-13-15-29(16-14-28)23-11-5-6-12-27-23/h3-6,11-12,19-20,31-32H,1-2,7-10,13-18H2. The predicted molar refractivity (Wildman–Crippen MR) is 129 cm³/mol. The van der Waals surface area contributed by atoms with E-state index in [1.54, 1.807) is 0 Å². The normalized spacial score (nSPS) is 19.8. The van der Waals surface area contributed by atoms with E-state index in [1.807, 2.05) is 36.5 Å². The molecule has 1 saturated carbocycles. The maximum atomic E-state index is 12.9. The molecule has 182 valence electrons. The Balaban J connectivity index is 1.28. The minimum Gasteiger partial charge on any atom is -0.494 e. The molecule has 2 fully saturated rings. The van der Waals surface area contributed by atoms with Crippen molar-refractivity contribution in [1.29, 1.82) is 0 Å². The van der Waals surface area contributed by atoms with Crippen LogP contribution in [0.2, 0.25) is 0 Å². The van der Waals surface area contributed by atoms with E-state index in [2.05, 4.69) is 14.8 Å². The van der Waals surface area contributed by atoms with E-state index in [0.717, 1.165) is 68.8 Å². The van der Waals surface area contributed by atoms with Crippen molar-refractivity contribution in [2.75, 3.05) is 37.6 Å². The summed E-state index contributed by atoms with van der Waals surface area (Å²) < 4.78 is 7.55. The van der Waals surface area contributed by atoms with E-state index < -0.39 is 6.10 Å². The molecule has 5 rings (SSSR count). The van der Waals surface area contributed by atoms with Gasteiger partial charge in [-0.05, 0) is 37.8 Å². The molecule has 0 bridgehead atoms. The summed E-state index contributed by atoms with van der Waals surface area (Å²) >= 11 is 0. The van der Waals surface area contributed by atoms with Crippen molar-refractivity contribution in [3.8, 4) is 11.8 Å². The fourth-order valence-electron chi connectivity index (χ4n) is 5.45. The number of anilines is 1. The number of hydrogen-bond donors (Lipinski definition) is 2. The van der Waals surface area contributed by atoms with Gasteiger partial charge in [-0.15, -0.1) is 0 Å². The first-order valence-corrected chi connectivity index (χ1v) is 12.5. The number of carbonyl (C=O) groups excluding carboxylic acids is 1. The third-order valence-corrected chi connectivity index (χ3v) is 7.39. The Bertz CT molecular complexity index is 990. The number of fused-ring (bicyclic) bond motifs is 1. The summed E-state index contributed by atoms with van der Waals surface area (Å²) in [6.45, 7) is 4.16. The third-order valence-electron chi connectivity index (χ3n) is 7.39. The number of aromatic hydroxyl groups is 2. The average molecular weight is 467 g/mol. The SMILES string of the molecule is O=C(OC(CN1CCN(c2ccccn2)CC1)Cn1c(O)c2c(c1O)CC=CC2)C1CCCC1. The Kier molecular flexibility index (Phi) is 6.76. The van der Waals surface area contributed by atoms with Crippen LogP contribution in [-0.4, -0.2) is 69.5 Å². The molecule has 3 aliphatic rings. The first-order valence-electron chi connectivity index (χ1n) is 12.5. The maximum absolute atomic E-state index is 12.9.